The zero-order valence-electron chi connectivity index (χ0n) is 17.5. The maximum atomic E-state index is 12.4. The van der Waals surface area contributed by atoms with Gasteiger partial charge in [0.1, 0.15) is 0 Å². The summed E-state index contributed by atoms with van der Waals surface area (Å²) in [5.74, 6) is -1.54. The largest absolute Gasteiger partial charge is 0.475 e. The molecule has 7 nitrogen and oxygen atoms in total. The summed E-state index contributed by atoms with van der Waals surface area (Å²) in [5.41, 5.74) is 3.07. The minimum absolute atomic E-state index is 0.141. The summed E-state index contributed by atoms with van der Waals surface area (Å²) in [6.07, 6.45) is 3.48. The normalized spacial score (nSPS) is 12.3. The Morgan fingerprint density at radius 3 is 2.46 bits per heavy atom. The average molecular weight is 389 g/mol. The highest BCUT2D eigenvalue weighted by Gasteiger charge is 2.27. The van der Waals surface area contributed by atoms with Gasteiger partial charge in [-0.1, -0.05) is 29.8 Å². The summed E-state index contributed by atoms with van der Waals surface area (Å²) in [4.78, 5) is 27.9. The van der Waals surface area contributed by atoms with Crippen molar-refractivity contribution >= 4 is 18.9 Å². The lowest BCUT2D eigenvalue weighted by Gasteiger charge is -2.23. The van der Waals surface area contributed by atoms with Gasteiger partial charge in [0.15, 0.2) is 0 Å². The van der Waals surface area contributed by atoms with E-state index < -0.39 is 19.0 Å². The van der Waals surface area contributed by atoms with Gasteiger partial charge in [-0.3, -0.25) is 9.59 Å². The molecule has 1 aromatic carbocycles. The van der Waals surface area contributed by atoms with Gasteiger partial charge in [0, 0.05) is 19.2 Å². The molecule has 28 heavy (non-hydrogen) atoms. The van der Waals surface area contributed by atoms with Crippen LogP contribution in [0.4, 0.5) is 0 Å². The summed E-state index contributed by atoms with van der Waals surface area (Å²) in [5, 5.41) is 22.0. The maximum Gasteiger partial charge on any atom is 0.475 e. The van der Waals surface area contributed by atoms with E-state index in [1.54, 1.807) is 13.0 Å². The van der Waals surface area contributed by atoms with Crippen LogP contribution < -0.4 is 5.32 Å². The number of carbonyl (C=O) groups excluding carboxylic acids is 2. The van der Waals surface area contributed by atoms with Crippen molar-refractivity contribution in [1.29, 1.82) is 0 Å². The van der Waals surface area contributed by atoms with E-state index >= 15 is 0 Å². The van der Waals surface area contributed by atoms with Crippen LogP contribution in [0.1, 0.15) is 23.6 Å². The van der Waals surface area contributed by atoms with Crippen LogP contribution in [0, 0.1) is 13.8 Å². The third kappa shape index (κ3) is 8.25. The van der Waals surface area contributed by atoms with E-state index in [0.717, 1.165) is 16.7 Å². The van der Waals surface area contributed by atoms with Crippen LogP contribution in [-0.4, -0.2) is 78.5 Å². The van der Waals surface area contributed by atoms with Crippen molar-refractivity contribution in [2.45, 2.75) is 33.1 Å². The molecule has 154 valence electrons. The van der Waals surface area contributed by atoms with E-state index in [9.17, 15) is 19.6 Å². The molecule has 0 aliphatic rings. The highest BCUT2D eigenvalue weighted by molar-refractivity contribution is 6.43. The molecule has 1 atom stereocenters. The molecule has 0 aliphatic carbocycles. The van der Waals surface area contributed by atoms with Crippen LogP contribution in [-0.2, 0) is 16.0 Å². The van der Waals surface area contributed by atoms with Gasteiger partial charge >= 0.3 is 7.12 Å². The van der Waals surface area contributed by atoms with Crippen molar-refractivity contribution in [1.82, 2.24) is 15.1 Å². The molecule has 8 heteroatoms. The first-order chi connectivity index (χ1) is 13.1. The van der Waals surface area contributed by atoms with Gasteiger partial charge in [-0.25, -0.2) is 0 Å². The van der Waals surface area contributed by atoms with Gasteiger partial charge in [0.2, 0.25) is 11.8 Å². The molecule has 0 aromatic heterocycles. The van der Waals surface area contributed by atoms with Gasteiger partial charge in [-0.05, 0) is 52.4 Å². The van der Waals surface area contributed by atoms with Crippen LogP contribution in [0.2, 0.25) is 0 Å². The number of carbonyl (C=O) groups is 2. The van der Waals surface area contributed by atoms with Crippen molar-refractivity contribution in [3.05, 3.63) is 47.0 Å². The number of hydrogen-bond acceptors (Lipinski definition) is 5. The van der Waals surface area contributed by atoms with Crippen molar-refractivity contribution < 1.29 is 19.6 Å². The lowest BCUT2D eigenvalue weighted by Crippen LogP contribution is -2.51. The quantitative estimate of drug-likeness (QED) is 0.396. The first kappa shape index (κ1) is 23.9. The van der Waals surface area contributed by atoms with E-state index in [0.29, 0.717) is 19.5 Å². The number of likely N-dealkylation sites (N-methyl/N-ethyl adjacent to an activating group) is 2. The monoisotopic (exact) mass is 389 g/mol. The Kier molecular flexibility index (Phi) is 9.92. The fourth-order valence-electron chi connectivity index (χ4n) is 2.78. The second kappa shape index (κ2) is 11.6. The maximum absolute atomic E-state index is 12.4. The van der Waals surface area contributed by atoms with Crippen LogP contribution >= 0.6 is 0 Å². The Morgan fingerprint density at radius 2 is 1.93 bits per heavy atom. The van der Waals surface area contributed by atoms with Crippen molar-refractivity contribution in [3.8, 4) is 0 Å². The first-order valence-electron chi connectivity index (χ1n) is 9.45. The first-order valence-corrected chi connectivity index (χ1v) is 9.45. The summed E-state index contributed by atoms with van der Waals surface area (Å²) in [6, 6.07) is 5.88. The zero-order chi connectivity index (χ0) is 21.3. The molecule has 1 rings (SSSR count). The molecule has 1 aromatic rings. The third-order valence-electron chi connectivity index (χ3n) is 4.40. The Hall–Kier alpha value is -2.16. The van der Waals surface area contributed by atoms with Crippen LogP contribution in [0.5, 0.6) is 0 Å². The molecule has 0 aliphatic heterocycles. The van der Waals surface area contributed by atoms with E-state index in [1.165, 1.54) is 11.0 Å². The molecule has 0 radical (unpaired) electrons. The van der Waals surface area contributed by atoms with Gasteiger partial charge in [0.25, 0.3) is 0 Å². The fraction of sp³-hybridized carbons (Fsp3) is 0.500. The Bertz CT molecular complexity index is 692. The van der Waals surface area contributed by atoms with E-state index in [1.807, 2.05) is 51.0 Å². The Morgan fingerprint density at radius 1 is 1.25 bits per heavy atom. The number of amides is 2. The van der Waals surface area contributed by atoms with Crippen molar-refractivity contribution in [2.24, 2.45) is 0 Å². The molecule has 0 saturated carbocycles. The van der Waals surface area contributed by atoms with Gasteiger partial charge in [0.05, 0.1) is 12.5 Å². The van der Waals surface area contributed by atoms with E-state index in [4.69, 9.17) is 0 Å². The average Bonchev–Trinajstić information content (AvgIpc) is 2.60. The molecule has 3 N–H and O–H groups in total. The smallest absolute Gasteiger partial charge is 0.426 e. The number of rotatable bonds is 10. The van der Waals surface area contributed by atoms with Crippen LogP contribution in [0.3, 0.4) is 0 Å². The Labute approximate surface area is 168 Å². The number of nitrogens with zero attached hydrogens (tertiary/aromatic N) is 2. The standard InChI is InChI=1S/C20H32BN3O4/c1-6-24(20(26)8-7-11-23(4)5)14-19(25)22-18(21(27)28)13-17-10-9-15(2)12-16(17)3/h7-10,12,18,27-28H,6,11,13-14H2,1-5H3,(H,22,25)/t18-/m0/s1. The third-order valence-corrected chi connectivity index (χ3v) is 4.40. The highest BCUT2D eigenvalue weighted by Crippen LogP contribution is 2.13. The lowest BCUT2D eigenvalue weighted by molar-refractivity contribution is -0.132. The molecular formula is C20H32BN3O4. The predicted molar refractivity (Wildman–Crippen MR) is 112 cm³/mol. The second-order valence-corrected chi connectivity index (χ2v) is 7.24. The number of benzene rings is 1. The summed E-state index contributed by atoms with van der Waals surface area (Å²) in [6.45, 7) is 6.59. The molecule has 2 amide bonds. The minimum atomic E-state index is -1.70. The number of nitrogens with one attached hydrogen (secondary N) is 1. The highest BCUT2D eigenvalue weighted by atomic mass is 16.4. The predicted octanol–water partition coefficient (Wildman–Crippen LogP) is 0.309. The second-order valence-electron chi connectivity index (χ2n) is 7.24. The Balaban J connectivity index is 2.72. The SMILES string of the molecule is CCN(CC(=O)N[C@@H](Cc1ccc(C)cc1C)B(O)O)C(=O)C=CCN(C)C. The zero-order valence-corrected chi connectivity index (χ0v) is 17.5. The van der Waals surface area contributed by atoms with Gasteiger partial charge < -0.3 is 25.2 Å². The summed E-state index contributed by atoms with van der Waals surface area (Å²) < 4.78 is 0. The molecule has 0 fully saturated rings. The molecule has 0 spiro atoms. The minimum Gasteiger partial charge on any atom is -0.426 e. The van der Waals surface area contributed by atoms with Crippen LogP contribution in [0.25, 0.3) is 0 Å². The van der Waals surface area contributed by atoms with Crippen LogP contribution in [0.15, 0.2) is 30.4 Å². The number of aryl methyl sites for hydroxylation is 2. The van der Waals surface area contributed by atoms with Gasteiger partial charge in [-0.15, -0.1) is 0 Å². The van der Waals surface area contributed by atoms with E-state index in [-0.39, 0.29) is 12.5 Å². The molecule has 0 bridgehead atoms. The van der Waals surface area contributed by atoms with Gasteiger partial charge in [-0.2, -0.15) is 0 Å². The lowest BCUT2D eigenvalue weighted by atomic mass is 9.75. The summed E-state index contributed by atoms with van der Waals surface area (Å²) in [7, 11) is 2.10. The van der Waals surface area contributed by atoms with Crippen molar-refractivity contribution in [3.63, 3.8) is 0 Å². The molecule has 0 heterocycles. The van der Waals surface area contributed by atoms with Crippen molar-refractivity contribution in [2.75, 3.05) is 33.7 Å². The topological polar surface area (TPSA) is 93.1 Å². The fourth-order valence-corrected chi connectivity index (χ4v) is 2.78. The van der Waals surface area contributed by atoms with E-state index in [2.05, 4.69) is 5.32 Å². The summed E-state index contributed by atoms with van der Waals surface area (Å²) >= 11 is 0. The molecule has 0 saturated heterocycles. The molecular weight excluding hydrogens is 357 g/mol. The molecule has 0 unspecified atom stereocenters. The number of hydrogen-bond donors (Lipinski definition) is 3.